The van der Waals surface area contributed by atoms with Gasteiger partial charge in [-0.3, -0.25) is 9.59 Å². The molecule has 0 unspecified atom stereocenters. The molecule has 2 aromatic carbocycles. The van der Waals surface area contributed by atoms with Crippen LogP contribution in [0.4, 0.5) is 5.69 Å². The Balaban J connectivity index is 1.69. The zero-order valence-electron chi connectivity index (χ0n) is 14.1. The zero-order chi connectivity index (χ0) is 18.5. The standard InChI is InChI=1S/C20H17ClN2O3/c1-13-10-16(21)7-8-18(13)23-20(25)15-5-2-4-14(11-15)19(24)22-12-17-6-3-9-26-17/h2-11H,12H2,1H3,(H,22,24)(H,23,25). The minimum atomic E-state index is -0.295. The Bertz CT molecular complexity index is 936. The Morgan fingerprint density at radius 2 is 1.77 bits per heavy atom. The van der Waals surface area contributed by atoms with E-state index in [0.717, 1.165) is 5.56 Å². The molecule has 0 aliphatic carbocycles. The van der Waals surface area contributed by atoms with Crippen LogP contribution in [0.15, 0.2) is 65.3 Å². The molecule has 0 radical (unpaired) electrons. The molecular formula is C20H17ClN2O3. The van der Waals surface area contributed by atoms with Crippen LogP contribution < -0.4 is 10.6 Å². The van der Waals surface area contributed by atoms with E-state index in [9.17, 15) is 9.59 Å². The molecule has 0 aliphatic rings. The van der Waals surface area contributed by atoms with Gasteiger partial charge < -0.3 is 15.1 Å². The monoisotopic (exact) mass is 368 g/mol. The average Bonchev–Trinajstić information content (AvgIpc) is 3.15. The van der Waals surface area contributed by atoms with Gasteiger partial charge in [-0.25, -0.2) is 0 Å². The van der Waals surface area contributed by atoms with Crippen molar-refractivity contribution in [1.82, 2.24) is 5.32 Å². The largest absolute Gasteiger partial charge is 0.467 e. The number of anilines is 1. The summed E-state index contributed by atoms with van der Waals surface area (Å²) >= 11 is 5.93. The smallest absolute Gasteiger partial charge is 0.255 e. The third-order valence-corrected chi connectivity index (χ3v) is 4.06. The van der Waals surface area contributed by atoms with Crippen molar-refractivity contribution in [3.05, 3.63) is 88.3 Å². The number of aryl methyl sites for hydroxylation is 1. The molecule has 2 N–H and O–H groups in total. The third-order valence-electron chi connectivity index (χ3n) is 3.83. The summed E-state index contributed by atoms with van der Waals surface area (Å²) in [5.74, 6) is 0.0836. The Morgan fingerprint density at radius 3 is 2.46 bits per heavy atom. The second-order valence-electron chi connectivity index (χ2n) is 5.76. The Hall–Kier alpha value is -3.05. The van der Waals surface area contributed by atoms with Crippen LogP contribution in [0, 0.1) is 6.92 Å². The van der Waals surface area contributed by atoms with Gasteiger partial charge in [-0.05, 0) is 61.0 Å². The number of nitrogens with one attached hydrogen (secondary N) is 2. The number of amides is 2. The van der Waals surface area contributed by atoms with E-state index in [4.69, 9.17) is 16.0 Å². The molecule has 26 heavy (non-hydrogen) atoms. The van der Waals surface area contributed by atoms with Crippen molar-refractivity contribution < 1.29 is 14.0 Å². The molecule has 6 heteroatoms. The second-order valence-corrected chi connectivity index (χ2v) is 6.19. The van der Waals surface area contributed by atoms with Crippen molar-refractivity contribution in [2.45, 2.75) is 13.5 Å². The number of hydrogen-bond acceptors (Lipinski definition) is 3. The van der Waals surface area contributed by atoms with Crippen molar-refractivity contribution in [3.8, 4) is 0 Å². The van der Waals surface area contributed by atoms with Crippen molar-refractivity contribution in [3.63, 3.8) is 0 Å². The Labute approximate surface area is 156 Å². The van der Waals surface area contributed by atoms with E-state index < -0.39 is 0 Å². The van der Waals surface area contributed by atoms with E-state index in [0.29, 0.717) is 27.6 Å². The van der Waals surface area contributed by atoms with Gasteiger partial charge in [0.2, 0.25) is 0 Å². The summed E-state index contributed by atoms with van der Waals surface area (Å²) in [7, 11) is 0. The molecule has 0 saturated carbocycles. The third kappa shape index (κ3) is 4.32. The van der Waals surface area contributed by atoms with Crippen LogP contribution >= 0.6 is 11.6 Å². The van der Waals surface area contributed by atoms with E-state index in [1.165, 1.54) is 0 Å². The molecule has 1 aromatic heterocycles. The minimum Gasteiger partial charge on any atom is -0.467 e. The lowest BCUT2D eigenvalue weighted by atomic mass is 10.1. The summed E-state index contributed by atoms with van der Waals surface area (Å²) in [5, 5.41) is 6.19. The first-order valence-electron chi connectivity index (χ1n) is 8.01. The lowest BCUT2D eigenvalue weighted by molar-refractivity contribution is 0.0948. The molecule has 0 bridgehead atoms. The van der Waals surface area contributed by atoms with Gasteiger partial charge in [0, 0.05) is 21.8 Å². The maximum atomic E-state index is 12.5. The molecular weight excluding hydrogens is 352 g/mol. The highest BCUT2D eigenvalue weighted by atomic mass is 35.5. The molecule has 0 spiro atoms. The van der Waals surface area contributed by atoms with Gasteiger partial charge in [0.05, 0.1) is 12.8 Å². The lowest BCUT2D eigenvalue weighted by Crippen LogP contribution is -2.23. The Morgan fingerprint density at radius 1 is 1.00 bits per heavy atom. The first kappa shape index (κ1) is 17.8. The summed E-state index contributed by atoms with van der Waals surface area (Å²) < 4.78 is 5.18. The molecule has 0 aliphatic heterocycles. The van der Waals surface area contributed by atoms with Gasteiger partial charge >= 0.3 is 0 Å². The van der Waals surface area contributed by atoms with E-state index in [1.54, 1.807) is 60.9 Å². The van der Waals surface area contributed by atoms with Crippen LogP contribution in [0.25, 0.3) is 0 Å². The predicted octanol–water partition coefficient (Wildman–Crippen LogP) is 4.42. The quantitative estimate of drug-likeness (QED) is 0.700. The zero-order valence-corrected chi connectivity index (χ0v) is 14.8. The maximum Gasteiger partial charge on any atom is 0.255 e. The normalized spacial score (nSPS) is 10.4. The maximum absolute atomic E-state index is 12.5. The summed E-state index contributed by atoms with van der Waals surface area (Å²) in [6.45, 7) is 2.15. The van der Waals surface area contributed by atoms with Gasteiger partial charge in [0.1, 0.15) is 5.76 Å². The average molecular weight is 369 g/mol. The van der Waals surface area contributed by atoms with Gasteiger partial charge in [0.15, 0.2) is 0 Å². The van der Waals surface area contributed by atoms with Crippen LogP contribution in [-0.2, 0) is 6.54 Å². The first-order chi connectivity index (χ1) is 12.5. The highest BCUT2D eigenvalue weighted by Gasteiger charge is 2.12. The van der Waals surface area contributed by atoms with Crippen LogP contribution in [0.2, 0.25) is 5.02 Å². The number of halogens is 1. The minimum absolute atomic E-state index is 0.279. The lowest BCUT2D eigenvalue weighted by Gasteiger charge is -2.10. The van der Waals surface area contributed by atoms with Gasteiger partial charge in [-0.15, -0.1) is 0 Å². The van der Waals surface area contributed by atoms with Crippen molar-refractivity contribution in [2.75, 3.05) is 5.32 Å². The van der Waals surface area contributed by atoms with Crippen LogP contribution in [0.1, 0.15) is 32.0 Å². The molecule has 2 amide bonds. The SMILES string of the molecule is Cc1cc(Cl)ccc1NC(=O)c1cccc(C(=O)NCc2ccco2)c1. The number of hydrogen-bond donors (Lipinski definition) is 2. The fraction of sp³-hybridized carbons (Fsp3) is 0.100. The summed E-state index contributed by atoms with van der Waals surface area (Å²) in [6.07, 6.45) is 1.55. The molecule has 0 saturated heterocycles. The van der Waals surface area contributed by atoms with E-state index >= 15 is 0 Å². The molecule has 0 fully saturated rings. The van der Waals surface area contributed by atoms with E-state index in [-0.39, 0.29) is 18.4 Å². The number of carbonyl (C=O) groups excluding carboxylic acids is 2. The molecule has 3 aromatic rings. The highest BCUT2D eigenvalue weighted by Crippen LogP contribution is 2.20. The molecule has 1 heterocycles. The van der Waals surface area contributed by atoms with Crippen LogP contribution in [-0.4, -0.2) is 11.8 Å². The van der Waals surface area contributed by atoms with E-state index in [1.807, 2.05) is 6.92 Å². The molecule has 3 rings (SSSR count). The molecule has 132 valence electrons. The fourth-order valence-corrected chi connectivity index (χ4v) is 2.67. The van der Waals surface area contributed by atoms with E-state index in [2.05, 4.69) is 10.6 Å². The van der Waals surface area contributed by atoms with Gasteiger partial charge in [0.25, 0.3) is 11.8 Å². The van der Waals surface area contributed by atoms with Gasteiger partial charge in [-0.1, -0.05) is 17.7 Å². The number of rotatable bonds is 5. The van der Waals surface area contributed by atoms with Crippen molar-refractivity contribution in [2.24, 2.45) is 0 Å². The van der Waals surface area contributed by atoms with Crippen LogP contribution in [0.3, 0.4) is 0 Å². The number of furan rings is 1. The van der Waals surface area contributed by atoms with Crippen LogP contribution in [0.5, 0.6) is 0 Å². The second kappa shape index (κ2) is 7.89. The molecule has 5 nitrogen and oxygen atoms in total. The summed E-state index contributed by atoms with van der Waals surface area (Å²) in [5.41, 5.74) is 2.33. The van der Waals surface area contributed by atoms with Gasteiger partial charge in [-0.2, -0.15) is 0 Å². The number of carbonyl (C=O) groups is 2. The Kier molecular flexibility index (Phi) is 5.39. The predicted molar refractivity (Wildman–Crippen MR) is 100 cm³/mol. The first-order valence-corrected chi connectivity index (χ1v) is 8.39. The van der Waals surface area contributed by atoms with Crippen molar-refractivity contribution >= 4 is 29.1 Å². The summed E-state index contributed by atoms with van der Waals surface area (Å²) in [4.78, 5) is 24.7. The molecule has 0 atom stereocenters. The summed E-state index contributed by atoms with van der Waals surface area (Å²) in [6, 6.07) is 15.3. The fourth-order valence-electron chi connectivity index (χ4n) is 2.45. The van der Waals surface area contributed by atoms with Crippen molar-refractivity contribution in [1.29, 1.82) is 0 Å². The number of benzene rings is 2. The highest BCUT2D eigenvalue weighted by molar-refractivity contribution is 6.30. The topological polar surface area (TPSA) is 71.3 Å².